The molecule has 0 atom stereocenters. The summed E-state index contributed by atoms with van der Waals surface area (Å²) in [5.41, 5.74) is 8.46. The molecule has 0 amide bonds. The molecule has 0 saturated carbocycles. The first kappa shape index (κ1) is 21.8. The molecule has 0 saturated heterocycles. The summed E-state index contributed by atoms with van der Waals surface area (Å²) in [5.74, 6) is 0. The molecule has 2 nitrogen and oxygen atoms in total. The Balaban J connectivity index is 1.59. The molecule has 0 radical (unpaired) electrons. The van der Waals surface area contributed by atoms with E-state index < -0.39 is 5.60 Å². The normalized spacial score (nSPS) is 13.5. The summed E-state index contributed by atoms with van der Waals surface area (Å²) in [6.45, 7) is 2.16. The molecule has 4 aromatic carbocycles. The van der Waals surface area contributed by atoms with E-state index >= 15 is 0 Å². The second kappa shape index (κ2) is 8.79. The molecule has 9 rings (SSSR count). The Hall–Kier alpha value is -3.75. The van der Waals surface area contributed by atoms with Crippen molar-refractivity contribution in [3.63, 3.8) is 0 Å². The number of rotatable bonds is 3. The molecule has 1 aromatic heterocycles. The van der Waals surface area contributed by atoms with Gasteiger partial charge < -0.3 is 5.11 Å². The van der Waals surface area contributed by atoms with Crippen LogP contribution < -0.4 is 0 Å². The third-order valence-corrected chi connectivity index (χ3v) is 7.47. The van der Waals surface area contributed by atoms with Crippen LogP contribution in [0.5, 0.6) is 0 Å². The molecule has 35 heavy (non-hydrogen) atoms. The molecule has 4 bridgehead atoms. The van der Waals surface area contributed by atoms with Gasteiger partial charge in [-0.1, -0.05) is 97.1 Å². The first-order valence-electron chi connectivity index (χ1n) is 12.5. The molecule has 0 fully saturated rings. The fourth-order valence-corrected chi connectivity index (χ4v) is 5.52. The van der Waals surface area contributed by atoms with Crippen molar-refractivity contribution in [3.05, 3.63) is 148 Å². The second-order valence-electron chi connectivity index (χ2n) is 9.69. The standard InChI is InChI=1S/C33H29NO/c1-23-22-30(33(35,28-8-4-2-5-9-28)29-10-6-3-7-11-29)34-32-27-19-17-25-14-12-24(13-15-25)16-18-26(20-21-27)31(23)32/h2-15,20-22,35H,16-19H2,1H3. The van der Waals surface area contributed by atoms with Crippen LogP contribution >= 0.6 is 0 Å². The number of hydrogen-bond donors (Lipinski definition) is 1. The Labute approximate surface area is 206 Å². The monoisotopic (exact) mass is 455 g/mol. The van der Waals surface area contributed by atoms with Gasteiger partial charge in [0, 0.05) is 5.39 Å². The highest BCUT2D eigenvalue weighted by Gasteiger charge is 2.36. The van der Waals surface area contributed by atoms with Crippen molar-refractivity contribution in [3.8, 4) is 0 Å². The Morgan fingerprint density at radius 1 is 0.629 bits per heavy atom. The van der Waals surface area contributed by atoms with Gasteiger partial charge in [0.05, 0.1) is 11.2 Å². The Bertz CT molecular complexity index is 1450. The zero-order valence-electron chi connectivity index (χ0n) is 20.0. The van der Waals surface area contributed by atoms with E-state index in [1.54, 1.807) is 0 Å². The number of hydrogen-bond acceptors (Lipinski definition) is 2. The number of aliphatic hydroxyl groups is 1. The largest absolute Gasteiger partial charge is 0.374 e. The molecule has 0 aliphatic heterocycles. The minimum absolute atomic E-state index is 0.675. The zero-order chi connectivity index (χ0) is 23.8. The maximum absolute atomic E-state index is 12.4. The highest BCUT2D eigenvalue weighted by molar-refractivity contribution is 5.89. The lowest BCUT2D eigenvalue weighted by Gasteiger charge is -2.30. The lowest BCUT2D eigenvalue weighted by molar-refractivity contribution is 0.121. The number of nitrogens with zero attached hydrogens (tertiary/aromatic N) is 1. The van der Waals surface area contributed by atoms with Gasteiger partial charge in [0.15, 0.2) is 5.60 Å². The highest BCUT2D eigenvalue weighted by atomic mass is 16.3. The topological polar surface area (TPSA) is 33.1 Å². The first-order valence-corrected chi connectivity index (χ1v) is 12.5. The van der Waals surface area contributed by atoms with Crippen LogP contribution in [-0.4, -0.2) is 10.1 Å². The zero-order valence-corrected chi connectivity index (χ0v) is 20.0. The smallest absolute Gasteiger partial charge is 0.157 e. The van der Waals surface area contributed by atoms with Gasteiger partial charge in [-0.3, -0.25) is 0 Å². The predicted molar refractivity (Wildman–Crippen MR) is 143 cm³/mol. The minimum atomic E-state index is -1.34. The van der Waals surface area contributed by atoms with E-state index in [2.05, 4.69) is 49.4 Å². The maximum Gasteiger partial charge on any atom is 0.157 e. The lowest BCUT2D eigenvalue weighted by Crippen LogP contribution is -2.30. The Kier molecular flexibility index (Phi) is 5.47. The SMILES string of the molecule is Cc1cc(C(O)(c2ccccc2)c2ccccc2)nc2c3ccc(c12)CCc1ccc(cc1)CC3. The van der Waals surface area contributed by atoms with Crippen molar-refractivity contribution < 1.29 is 5.11 Å². The van der Waals surface area contributed by atoms with E-state index in [9.17, 15) is 5.11 Å². The Morgan fingerprint density at radius 3 is 1.71 bits per heavy atom. The van der Waals surface area contributed by atoms with Crippen molar-refractivity contribution in [1.82, 2.24) is 4.98 Å². The summed E-state index contributed by atoms with van der Waals surface area (Å²) in [5, 5.41) is 13.6. The van der Waals surface area contributed by atoms with E-state index in [0.717, 1.165) is 47.9 Å². The van der Waals surface area contributed by atoms with Crippen LogP contribution in [0.2, 0.25) is 0 Å². The molecule has 1 heterocycles. The number of aromatic nitrogens is 1. The molecule has 4 aliphatic rings. The predicted octanol–water partition coefficient (Wildman–Crippen LogP) is 6.71. The van der Waals surface area contributed by atoms with Crippen molar-refractivity contribution in [2.45, 2.75) is 38.2 Å². The van der Waals surface area contributed by atoms with Gasteiger partial charge in [-0.25, -0.2) is 4.98 Å². The van der Waals surface area contributed by atoms with Crippen LogP contribution in [0.4, 0.5) is 0 Å². The summed E-state index contributed by atoms with van der Waals surface area (Å²) in [6.07, 6.45) is 3.87. The summed E-state index contributed by atoms with van der Waals surface area (Å²) in [6, 6.07) is 35.5. The number of benzene rings is 4. The van der Waals surface area contributed by atoms with Crippen LogP contribution in [0.25, 0.3) is 10.9 Å². The lowest BCUT2D eigenvalue weighted by atomic mass is 9.82. The quantitative estimate of drug-likeness (QED) is 0.328. The fourth-order valence-electron chi connectivity index (χ4n) is 5.52. The summed E-state index contributed by atoms with van der Waals surface area (Å²) >= 11 is 0. The third kappa shape index (κ3) is 3.84. The van der Waals surface area contributed by atoms with E-state index in [4.69, 9.17) is 4.98 Å². The van der Waals surface area contributed by atoms with E-state index in [-0.39, 0.29) is 0 Å². The van der Waals surface area contributed by atoms with E-state index in [1.807, 2.05) is 60.7 Å². The van der Waals surface area contributed by atoms with Gasteiger partial charge in [0.1, 0.15) is 0 Å². The van der Waals surface area contributed by atoms with Gasteiger partial charge in [-0.05, 0) is 77.6 Å². The fraction of sp³-hybridized carbons (Fsp3) is 0.182. The van der Waals surface area contributed by atoms with Crippen LogP contribution in [-0.2, 0) is 31.3 Å². The molecule has 4 aliphatic carbocycles. The second-order valence-corrected chi connectivity index (χ2v) is 9.69. The van der Waals surface area contributed by atoms with Crippen LogP contribution in [0.15, 0.2) is 103 Å². The van der Waals surface area contributed by atoms with Gasteiger partial charge in [-0.2, -0.15) is 0 Å². The molecular weight excluding hydrogens is 426 g/mol. The summed E-state index contributed by atoms with van der Waals surface area (Å²) < 4.78 is 0. The first-order chi connectivity index (χ1) is 17.1. The molecule has 5 aromatic rings. The van der Waals surface area contributed by atoms with Crippen LogP contribution in [0.1, 0.15) is 44.6 Å². The van der Waals surface area contributed by atoms with E-state index in [1.165, 1.54) is 27.6 Å². The van der Waals surface area contributed by atoms with Gasteiger partial charge in [0.2, 0.25) is 0 Å². The average molecular weight is 456 g/mol. The Morgan fingerprint density at radius 2 is 1.14 bits per heavy atom. The van der Waals surface area contributed by atoms with E-state index in [0.29, 0.717) is 5.69 Å². The van der Waals surface area contributed by atoms with Crippen LogP contribution in [0, 0.1) is 6.92 Å². The average Bonchev–Trinajstić information content (AvgIpc) is 2.90. The van der Waals surface area contributed by atoms with Gasteiger partial charge >= 0.3 is 0 Å². The summed E-state index contributed by atoms with van der Waals surface area (Å²) in [4.78, 5) is 5.26. The molecule has 172 valence electrons. The van der Waals surface area contributed by atoms with Crippen LogP contribution in [0.3, 0.4) is 0 Å². The third-order valence-electron chi connectivity index (χ3n) is 7.47. The van der Waals surface area contributed by atoms with Crippen molar-refractivity contribution >= 4 is 10.9 Å². The van der Waals surface area contributed by atoms with Crippen molar-refractivity contribution in [1.29, 1.82) is 0 Å². The molecule has 2 heteroatoms. The minimum Gasteiger partial charge on any atom is -0.374 e. The number of pyridine rings is 1. The highest BCUT2D eigenvalue weighted by Crippen LogP contribution is 2.38. The molecule has 1 N–H and O–H groups in total. The van der Waals surface area contributed by atoms with Crippen molar-refractivity contribution in [2.24, 2.45) is 0 Å². The molecular formula is C33H29NO. The van der Waals surface area contributed by atoms with Gasteiger partial charge in [-0.15, -0.1) is 0 Å². The molecule has 0 spiro atoms. The number of aryl methyl sites for hydroxylation is 5. The molecule has 0 unspecified atom stereocenters. The van der Waals surface area contributed by atoms with Crippen molar-refractivity contribution in [2.75, 3.05) is 0 Å². The maximum atomic E-state index is 12.4. The summed E-state index contributed by atoms with van der Waals surface area (Å²) in [7, 11) is 0. The van der Waals surface area contributed by atoms with Gasteiger partial charge in [0.25, 0.3) is 0 Å².